The van der Waals surface area contributed by atoms with Crippen molar-refractivity contribution in [3.63, 3.8) is 0 Å². The second-order valence-electron chi connectivity index (χ2n) is 6.07. The summed E-state index contributed by atoms with van der Waals surface area (Å²) in [5, 5.41) is 9.91. The lowest BCUT2D eigenvalue weighted by molar-refractivity contribution is -0.196. The van der Waals surface area contributed by atoms with Crippen molar-refractivity contribution in [2.24, 2.45) is 10.8 Å². The smallest absolute Gasteiger partial charge is 0.345 e. The highest BCUT2D eigenvalue weighted by Gasteiger charge is 2.88. The molecule has 1 N–H and O–H groups in total. The van der Waals surface area contributed by atoms with Crippen LogP contribution in [0.15, 0.2) is 40.9 Å². The average Bonchev–Trinajstić information content (AvgIpc) is 2.84. The SMILES string of the molecule is CC1(C)C(Cl)(C=C(Cl)Cl)C1(C(=O)O)C(OC(F)F)c1ccccc1. The minimum absolute atomic E-state index is 0.245. The molecule has 8 heteroatoms. The number of rotatable bonds is 6. The molecule has 0 heterocycles. The molecule has 1 aromatic carbocycles. The van der Waals surface area contributed by atoms with Crippen molar-refractivity contribution < 1.29 is 23.4 Å². The number of benzene rings is 1. The molecule has 24 heavy (non-hydrogen) atoms. The Labute approximate surface area is 153 Å². The van der Waals surface area contributed by atoms with E-state index < -0.39 is 34.4 Å². The van der Waals surface area contributed by atoms with Gasteiger partial charge in [0.25, 0.3) is 0 Å². The van der Waals surface area contributed by atoms with Crippen molar-refractivity contribution in [3.8, 4) is 0 Å². The molecule has 132 valence electrons. The zero-order chi connectivity index (χ0) is 18.3. The number of carboxylic acids is 1. The van der Waals surface area contributed by atoms with E-state index in [2.05, 4.69) is 0 Å². The molecule has 1 fully saturated rings. The first-order valence-corrected chi connectivity index (χ1v) is 8.10. The molecule has 1 saturated carbocycles. The van der Waals surface area contributed by atoms with Gasteiger partial charge in [-0.25, -0.2) is 0 Å². The minimum atomic E-state index is -3.18. The lowest BCUT2D eigenvalue weighted by atomic mass is 9.85. The van der Waals surface area contributed by atoms with Gasteiger partial charge in [0, 0.05) is 5.41 Å². The van der Waals surface area contributed by atoms with Crippen molar-refractivity contribution >= 4 is 40.8 Å². The highest BCUT2D eigenvalue weighted by molar-refractivity contribution is 6.56. The van der Waals surface area contributed by atoms with E-state index in [4.69, 9.17) is 39.5 Å². The molecule has 3 unspecified atom stereocenters. The number of hydrogen-bond acceptors (Lipinski definition) is 2. The van der Waals surface area contributed by atoms with Crippen LogP contribution in [-0.4, -0.2) is 22.6 Å². The van der Waals surface area contributed by atoms with E-state index in [1.54, 1.807) is 32.0 Å². The van der Waals surface area contributed by atoms with E-state index in [1.165, 1.54) is 12.1 Å². The molecule has 0 amide bonds. The fourth-order valence-corrected chi connectivity index (χ4v) is 4.61. The summed E-state index contributed by atoms with van der Waals surface area (Å²) in [7, 11) is 0. The third-order valence-corrected chi connectivity index (χ3v) is 5.88. The largest absolute Gasteiger partial charge is 0.481 e. The second kappa shape index (κ2) is 6.45. The van der Waals surface area contributed by atoms with E-state index in [0.29, 0.717) is 0 Å². The summed E-state index contributed by atoms with van der Waals surface area (Å²) >= 11 is 17.9. The van der Waals surface area contributed by atoms with Gasteiger partial charge in [-0.15, -0.1) is 11.6 Å². The predicted octanol–water partition coefficient (Wildman–Crippen LogP) is 5.37. The Morgan fingerprint density at radius 2 is 1.79 bits per heavy atom. The first kappa shape index (κ1) is 19.4. The maximum atomic E-state index is 13.0. The monoisotopic (exact) mass is 398 g/mol. The maximum Gasteiger partial charge on any atom is 0.345 e. The molecule has 1 aromatic rings. The maximum absolute atomic E-state index is 13.0. The molecular formula is C16H15Cl3F2O3. The third kappa shape index (κ3) is 2.62. The van der Waals surface area contributed by atoms with Gasteiger partial charge in [-0.05, 0) is 11.6 Å². The first-order chi connectivity index (χ1) is 11.0. The summed E-state index contributed by atoms with van der Waals surface area (Å²) in [6.45, 7) is -0.0858. The van der Waals surface area contributed by atoms with Crippen molar-refractivity contribution in [3.05, 3.63) is 46.5 Å². The fourth-order valence-electron chi connectivity index (χ4n) is 3.55. The summed E-state index contributed by atoms with van der Waals surface area (Å²) in [4.78, 5) is 10.6. The standard InChI is InChI=1S/C16H15Cl3F2O3/c1-14(2)15(19,8-10(17)18)16(14,12(22)23)11(24-13(20)21)9-6-4-3-5-7-9/h3-8,11,13H,1-2H3,(H,22,23). The number of halogens is 5. The summed E-state index contributed by atoms with van der Waals surface area (Å²) in [6, 6.07) is 7.90. The van der Waals surface area contributed by atoms with Crippen molar-refractivity contribution in [1.82, 2.24) is 0 Å². The molecule has 2 rings (SSSR count). The predicted molar refractivity (Wildman–Crippen MR) is 88.5 cm³/mol. The topological polar surface area (TPSA) is 46.5 Å². The minimum Gasteiger partial charge on any atom is -0.481 e. The molecule has 0 radical (unpaired) electrons. The van der Waals surface area contributed by atoms with Crippen molar-refractivity contribution in [2.45, 2.75) is 31.4 Å². The van der Waals surface area contributed by atoms with Crippen LogP contribution in [-0.2, 0) is 9.53 Å². The fraction of sp³-hybridized carbons (Fsp3) is 0.438. The van der Waals surface area contributed by atoms with E-state index in [-0.39, 0.29) is 10.1 Å². The third-order valence-electron chi connectivity index (χ3n) is 4.79. The van der Waals surface area contributed by atoms with Gasteiger partial charge in [0.15, 0.2) is 0 Å². The number of alkyl halides is 3. The van der Waals surface area contributed by atoms with Crippen LogP contribution >= 0.6 is 34.8 Å². The molecule has 0 aromatic heterocycles. The van der Waals surface area contributed by atoms with E-state index >= 15 is 0 Å². The van der Waals surface area contributed by atoms with Crippen LogP contribution in [0.4, 0.5) is 8.78 Å². The lowest BCUT2D eigenvalue weighted by Gasteiger charge is -2.28. The lowest BCUT2D eigenvalue weighted by Crippen LogP contribution is -2.34. The Morgan fingerprint density at radius 1 is 1.25 bits per heavy atom. The zero-order valence-electron chi connectivity index (χ0n) is 12.8. The zero-order valence-corrected chi connectivity index (χ0v) is 15.0. The quantitative estimate of drug-likeness (QED) is 0.654. The van der Waals surface area contributed by atoms with Crippen LogP contribution in [0.3, 0.4) is 0 Å². The highest BCUT2D eigenvalue weighted by atomic mass is 35.5. The normalized spacial score (nSPS) is 29.2. The molecule has 0 saturated heterocycles. The molecule has 1 aliphatic rings. The van der Waals surface area contributed by atoms with Crippen LogP contribution in [0.2, 0.25) is 0 Å². The Bertz CT molecular complexity index is 662. The number of carbonyl (C=O) groups is 1. The number of allylic oxidation sites excluding steroid dienone is 1. The van der Waals surface area contributed by atoms with Crippen LogP contribution in [0.1, 0.15) is 25.5 Å². The second-order valence-corrected chi connectivity index (χ2v) is 7.68. The number of hydrogen-bond donors (Lipinski definition) is 1. The number of ether oxygens (including phenoxy) is 1. The molecule has 0 aliphatic heterocycles. The van der Waals surface area contributed by atoms with Gasteiger partial charge in [-0.3, -0.25) is 4.79 Å². The highest BCUT2D eigenvalue weighted by Crippen LogP contribution is 2.81. The van der Waals surface area contributed by atoms with Crippen molar-refractivity contribution in [2.75, 3.05) is 0 Å². The molecule has 1 aliphatic carbocycles. The summed E-state index contributed by atoms with van der Waals surface area (Å²) in [5.41, 5.74) is -2.76. The molecule has 3 atom stereocenters. The number of carboxylic acid groups (broad SMARTS) is 1. The van der Waals surface area contributed by atoms with Gasteiger partial charge in [0.2, 0.25) is 0 Å². The average molecular weight is 400 g/mol. The van der Waals surface area contributed by atoms with Crippen LogP contribution in [0.25, 0.3) is 0 Å². The Balaban J connectivity index is 2.68. The van der Waals surface area contributed by atoms with Crippen LogP contribution in [0, 0.1) is 10.8 Å². The van der Waals surface area contributed by atoms with Gasteiger partial charge >= 0.3 is 12.6 Å². The molecule has 0 bridgehead atoms. The summed E-state index contributed by atoms with van der Waals surface area (Å²) in [5.74, 6) is -1.37. The molecule has 0 spiro atoms. The summed E-state index contributed by atoms with van der Waals surface area (Å²) in [6.07, 6.45) is -0.330. The first-order valence-electron chi connectivity index (χ1n) is 6.97. The van der Waals surface area contributed by atoms with Gasteiger partial charge in [-0.1, -0.05) is 67.4 Å². The van der Waals surface area contributed by atoms with E-state index in [0.717, 1.165) is 6.08 Å². The summed E-state index contributed by atoms with van der Waals surface area (Å²) < 4.78 is 30.5. The van der Waals surface area contributed by atoms with Gasteiger partial charge in [0.05, 0.1) is 4.87 Å². The number of aliphatic carboxylic acids is 1. The molecule has 3 nitrogen and oxygen atoms in total. The van der Waals surface area contributed by atoms with Gasteiger partial charge in [-0.2, -0.15) is 8.78 Å². The van der Waals surface area contributed by atoms with Gasteiger partial charge in [0.1, 0.15) is 16.0 Å². The van der Waals surface area contributed by atoms with Gasteiger partial charge < -0.3 is 9.84 Å². The van der Waals surface area contributed by atoms with Crippen molar-refractivity contribution in [1.29, 1.82) is 0 Å². The Morgan fingerprint density at radius 3 is 2.21 bits per heavy atom. The Kier molecular flexibility index (Phi) is 5.22. The Hall–Kier alpha value is -0.880. The van der Waals surface area contributed by atoms with Crippen LogP contribution < -0.4 is 0 Å². The van der Waals surface area contributed by atoms with E-state index in [1.807, 2.05) is 0 Å². The molecular weight excluding hydrogens is 385 g/mol. The van der Waals surface area contributed by atoms with Crippen LogP contribution in [0.5, 0.6) is 0 Å². The van der Waals surface area contributed by atoms with E-state index in [9.17, 15) is 18.7 Å².